The molecule has 1 aromatic heterocycles. The van der Waals surface area contributed by atoms with E-state index in [1.165, 1.54) is 21.6 Å². The Labute approximate surface area is 126 Å². The molecule has 0 amide bonds. The molecule has 1 aromatic carbocycles. The lowest BCUT2D eigenvalue weighted by Gasteiger charge is -2.14. The molecule has 0 N–H and O–H groups in total. The topological polar surface area (TPSA) is 0 Å². The molecule has 0 fully saturated rings. The van der Waals surface area contributed by atoms with Crippen molar-refractivity contribution < 1.29 is 0 Å². The Hall–Kier alpha value is -0.310. The molecule has 0 bridgehead atoms. The van der Waals surface area contributed by atoms with Gasteiger partial charge in [-0.1, -0.05) is 40.5 Å². The number of hydrogen-bond acceptors (Lipinski definition) is 1. The third-order valence-corrected chi connectivity index (χ3v) is 5.88. The van der Waals surface area contributed by atoms with E-state index in [2.05, 4.69) is 60.3 Å². The van der Waals surface area contributed by atoms with Gasteiger partial charge in [-0.3, -0.25) is 0 Å². The highest BCUT2D eigenvalue weighted by atomic mass is 79.9. The van der Waals surface area contributed by atoms with Crippen LogP contribution < -0.4 is 0 Å². The number of alkyl halides is 1. The highest BCUT2D eigenvalue weighted by Crippen LogP contribution is 2.40. The zero-order chi connectivity index (χ0) is 13.3. The minimum Gasteiger partial charge on any atom is -0.147 e. The molecule has 0 radical (unpaired) electrons. The highest BCUT2D eigenvalue weighted by Gasteiger charge is 2.18. The van der Waals surface area contributed by atoms with Crippen LogP contribution in [0.2, 0.25) is 5.02 Å². The molecular weight excluding hydrogens is 328 g/mol. The molecule has 0 nitrogen and oxygen atoms in total. The van der Waals surface area contributed by atoms with Crippen molar-refractivity contribution in [3.8, 4) is 0 Å². The monoisotopic (exact) mass is 342 g/mol. The van der Waals surface area contributed by atoms with Crippen LogP contribution >= 0.6 is 38.9 Å². The molecule has 0 spiro atoms. The molecule has 1 heterocycles. The van der Waals surface area contributed by atoms with Crippen molar-refractivity contribution in [3.05, 3.63) is 55.7 Å². The molecule has 96 valence electrons. The van der Waals surface area contributed by atoms with E-state index in [0.29, 0.717) is 0 Å². The van der Waals surface area contributed by atoms with Crippen molar-refractivity contribution in [2.24, 2.45) is 0 Å². The molecule has 0 aliphatic carbocycles. The predicted molar refractivity (Wildman–Crippen MR) is 85.4 cm³/mol. The summed E-state index contributed by atoms with van der Waals surface area (Å²) in [7, 11) is 0. The minimum absolute atomic E-state index is 0.194. The zero-order valence-corrected chi connectivity index (χ0v) is 13.9. The van der Waals surface area contributed by atoms with Crippen molar-refractivity contribution >= 4 is 38.9 Å². The molecular formula is C15H16BrClS. The lowest BCUT2D eigenvalue weighted by molar-refractivity contribution is 1.09. The van der Waals surface area contributed by atoms with E-state index >= 15 is 0 Å². The maximum absolute atomic E-state index is 6.38. The summed E-state index contributed by atoms with van der Waals surface area (Å²) in [4.78, 5) is 1.56. The van der Waals surface area contributed by atoms with Gasteiger partial charge in [0.05, 0.1) is 4.83 Å². The lowest BCUT2D eigenvalue weighted by Crippen LogP contribution is -1.96. The summed E-state index contributed by atoms with van der Waals surface area (Å²) in [6, 6.07) is 6.44. The summed E-state index contributed by atoms with van der Waals surface area (Å²) in [6.07, 6.45) is 1.06. The van der Waals surface area contributed by atoms with Gasteiger partial charge in [0.1, 0.15) is 0 Å². The van der Waals surface area contributed by atoms with Crippen molar-refractivity contribution in [1.82, 2.24) is 0 Å². The highest BCUT2D eigenvalue weighted by molar-refractivity contribution is 9.09. The first-order valence-electron chi connectivity index (χ1n) is 6.01. The van der Waals surface area contributed by atoms with Gasteiger partial charge < -0.3 is 0 Å². The van der Waals surface area contributed by atoms with Gasteiger partial charge >= 0.3 is 0 Å². The van der Waals surface area contributed by atoms with Crippen LogP contribution in [0.1, 0.15) is 38.9 Å². The summed E-state index contributed by atoms with van der Waals surface area (Å²) in [6.45, 7) is 6.41. The molecule has 0 aliphatic rings. The van der Waals surface area contributed by atoms with E-state index in [-0.39, 0.29) is 4.83 Å². The number of rotatable bonds is 3. The van der Waals surface area contributed by atoms with Crippen LogP contribution in [0.4, 0.5) is 0 Å². The largest absolute Gasteiger partial charge is 0.147 e. The van der Waals surface area contributed by atoms with Gasteiger partial charge in [0.25, 0.3) is 0 Å². The second kappa shape index (κ2) is 5.77. The van der Waals surface area contributed by atoms with Gasteiger partial charge in [0.2, 0.25) is 0 Å². The third kappa shape index (κ3) is 2.66. The van der Waals surface area contributed by atoms with E-state index in [0.717, 1.165) is 17.0 Å². The first-order chi connectivity index (χ1) is 8.54. The number of thiophene rings is 1. The van der Waals surface area contributed by atoms with Crippen molar-refractivity contribution in [2.45, 2.75) is 32.0 Å². The van der Waals surface area contributed by atoms with Crippen LogP contribution in [0.3, 0.4) is 0 Å². The first kappa shape index (κ1) is 14.1. The second-order valence-corrected chi connectivity index (χ2v) is 6.75. The quantitative estimate of drug-likeness (QED) is 0.594. The van der Waals surface area contributed by atoms with Gasteiger partial charge in [-0.2, -0.15) is 0 Å². The van der Waals surface area contributed by atoms with E-state index in [9.17, 15) is 0 Å². The van der Waals surface area contributed by atoms with Crippen molar-refractivity contribution in [1.29, 1.82) is 0 Å². The standard InChI is InChI=1S/C15H16BrClS/c1-4-11-5-6-18-15(11)14(16)12-7-9(2)10(3)8-13(12)17/h5-8,14H,4H2,1-3H3. The number of halogens is 2. The Morgan fingerprint density at radius 3 is 2.61 bits per heavy atom. The number of hydrogen-bond donors (Lipinski definition) is 0. The van der Waals surface area contributed by atoms with Crippen molar-refractivity contribution in [3.63, 3.8) is 0 Å². The molecule has 1 atom stereocenters. The fraction of sp³-hybridized carbons (Fsp3) is 0.333. The maximum Gasteiger partial charge on any atom is 0.0755 e. The van der Waals surface area contributed by atoms with E-state index in [4.69, 9.17) is 11.6 Å². The van der Waals surface area contributed by atoms with E-state index in [1.807, 2.05) is 0 Å². The Morgan fingerprint density at radius 1 is 1.28 bits per heavy atom. The molecule has 0 saturated heterocycles. The summed E-state index contributed by atoms with van der Waals surface area (Å²) in [5.74, 6) is 0. The summed E-state index contributed by atoms with van der Waals surface area (Å²) in [5, 5.41) is 2.99. The smallest absolute Gasteiger partial charge is 0.0755 e. The normalized spacial score (nSPS) is 12.7. The van der Waals surface area contributed by atoms with Crippen LogP contribution in [0.15, 0.2) is 23.6 Å². The molecule has 2 rings (SSSR count). The average molecular weight is 344 g/mol. The van der Waals surface area contributed by atoms with Crippen LogP contribution in [-0.2, 0) is 6.42 Å². The zero-order valence-electron chi connectivity index (χ0n) is 10.8. The van der Waals surface area contributed by atoms with Crippen LogP contribution in [0.25, 0.3) is 0 Å². The molecule has 0 aliphatic heterocycles. The maximum atomic E-state index is 6.38. The van der Waals surface area contributed by atoms with Gasteiger partial charge in [-0.05, 0) is 60.0 Å². The van der Waals surface area contributed by atoms with E-state index in [1.54, 1.807) is 11.3 Å². The fourth-order valence-electron chi connectivity index (χ4n) is 2.00. The summed E-state index contributed by atoms with van der Waals surface area (Å²) >= 11 is 12.0. The van der Waals surface area contributed by atoms with Gasteiger partial charge in [-0.25, -0.2) is 0 Å². The number of aryl methyl sites for hydroxylation is 3. The second-order valence-electron chi connectivity index (χ2n) is 4.48. The first-order valence-corrected chi connectivity index (χ1v) is 8.19. The van der Waals surface area contributed by atoms with Gasteiger partial charge in [0.15, 0.2) is 0 Å². The molecule has 1 unspecified atom stereocenters. The Kier molecular flexibility index (Phi) is 4.52. The number of benzene rings is 1. The molecule has 3 heteroatoms. The van der Waals surface area contributed by atoms with E-state index < -0.39 is 0 Å². The summed E-state index contributed by atoms with van der Waals surface area (Å²) < 4.78 is 0. The predicted octanol–water partition coefficient (Wildman–Crippen LogP) is 6.07. The van der Waals surface area contributed by atoms with Gasteiger partial charge in [0, 0.05) is 9.90 Å². The molecule has 2 aromatic rings. The minimum atomic E-state index is 0.194. The Bertz CT molecular complexity index is 560. The Balaban J connectivity index is 2.46. The third-order valence-electron chi connectivity index (χ3n) is 3.28. The molecule has 18 heavy (non-hydrogen) atoms. The average Bonchev–Trinajstić information content (AvgIpc) is 2.81. The van der Waals surface area contributed by atoms with Crippen LogP contribution in [-0.4, -0.2) is 0 Å². The van der Waals surface area contributed by atoms with Gasteiger partial charge in [-0.15, -0.1) is 11.3 Å². The van der Waals surface area contributed by atoms with Crippen LogP contribution in [0, 0.1) is 13.8 Å². The lowest BCUT2D eigenvalue weighted by atomic mass is 10.0. The SMILES string of the molecule is CCc1ccsc1C(Br)c1cc(C)c(C)cc1Cl. The molecule has 0 saturated carbocycles. The Morgan fingerprint density at radius 2 is 1.94 bits per heavy atom. The summed E-state index contributed by atoms with van der Waals surface area (Å²) in [5.41, 5.74) is 5.09. The fourth-order valence-corrected chi connectivity index (χ4v) is 4.45. The van der Waals surface area contributed by atoms with Crippen LogP contribution in [0.5, 0.6) is 0 Å². The van der Waals surface area contributed by atoms with Crippen molar-refractivity contribution in [2.75, 3.05) is 0 Å².